The minimum atomic E-state index is -1.37. The van der Waals surface area contributed by atoms with Crippen LogP contribution in [0.5, 0.6) is 0 Å². The van der Waals surface area contributed by atoms with Gasteiger partial charge in [0, 0.05) is 29.5 Å². The van der Waals surface area contributed by atoms with Crippen molar-refractivity contribution in [1.82, 2.24) is 29.5 Å². The fraction of sp³-hybridized carbons (Fsp3) is 0. The standard InChI is InChI=1S/C25H14F3N7/c26-16-8-9-17(27)21(28)20(16)25-33-22(19-7-3-11-32-35(19)25)24-31-12-15(23(29)34-24)13-4-1-6-18-14(13)5-2-10-30-18/h1-12H,(H2,29,31,34). The first-order valence-electron chi connectivity index (χ1n) is 10.5. The topological polar surface area (TPSA) is 94.9 Å². The lowest BCUT2D eigenvalue weighted by molar-refractivity contribution is 0.497. The van der Waals surface area contributed by atoms with Gasteiger partial charge in [0.15, 0.2) is 23.3 Å². The minimum absolute atomic E-state index is 0.124. The summed E-state index contributed by atoms with van der Waals surface area (Å²) >= 11 is 0. The molecule has 4 heterocycles. The molecule has 0 fully saturated rings. The van der Waals surface area contributed by atoms with Crippen LogP contribution in [0, 0.1) is 17.5 Å². The number of halogens is 3. The summed E-state index contributed by atoms with van der Waals surface area (Å²) in [7, 11) is 0. The molecule has 7 nitrogen and oxygen atoms in total. The van der Waals surface area contributed by atoms with Gasteiger partial charge >= 0.3 is 0 Å². The van der Waals surface area contributed by atoms with Gasteiger partial charge in [-0.3, -0.25) is 4.98 Å². The summed E-state index contributed by atoms with van der Waals surface area (Å²) in [6.07, 6.45) is 4.68. The maximum absolute atomic E-state index is 14.6. The van der Waals surface area contributed by atoms with Crippen molar-refractivity contribution in [1.29, 1.82) is 0 Å². The van der Waals surface area contributed by atoms with Gasteiger partial charge in [-0.15, -0.1) is 0 Å². The summed E-state index contributed by atoms with van der Waals surface area (Å²) in [6, 6.07) is 14.2. The van der Waals surface area contributed by atoms with E-state index in [0.717, 1.165) is 22.5 Å². The van der Waals surface area contributed by atoms with Gasteiger partial charge in [0.05, 0.1) is 16.6 Å². The third-order valence-corrected chi connectivity index (χ3v) is 5.64. The van der Waals surface area contributed by atoms with Gasteiger partial charge in [-0.05, 0) is 42.0 Å². The van der Waals surface area contributed by atoms with Gasteiger partial charge in [-0.2, -0.15) is 5.10 Å². The molecular formula is C25H14F3N7. The Balaban J connectivity index is 1.54. The number of benzene rings is 2. The Morgan fingerprint density at radius 2 is 1.60 bits per heavy atom. The van der Waals surface area contributed by atoms with Crippen LogP contribution >= 0.6 is 0 Å². The Morgan fingerprint density at radius 3 is 2.46 bits per heavy atom. The molecule has 10 heteroatoms. The highest BCUT2D eigenvalue weighted by atomic mass is 19.2. The fourth-order valence-corrected chi connectivity index (χ4v) is 4.04. The molecule has 0 saturated carbocycles. The lowest BCUT2D eigenvalue weighted by Crippen LogP contribution is -2.00. The molecule has 0 radical (unpaired) electrons. The second kappa shape index (κ2) is 7.87. The molecule has 4 aromatic heterocycles. The highest BCUT2D eigenvalue weighted by molar-refractivity contribution is 5.97. The molecule has 0 bridgehead atoms. The Morgan fingerprint density at radius 1 is 0.771 bits per heavy atom. The number of anilines is 1. The molecule has 0 saturated heterocycles. The van der Waals surface area contributed by atoms with Crippen molar-refractivity contribution in [3.63, 3.8) is 0 Å². The predicted octanol–water partition coefficient (Wildman–Crippen LogP) is 5.07. The van der Waals surface area contributed by atoms with Crippen molar-refractivity contribution in [3.8, 4) is 34.0 Å². The average molecular weight is 469 g/mol. The van der Waals surface area contributed by atoms with Crippen molar-refractivity contribution in [2.75, 3.05) is 5.73 Å². The Hall–Kier alpha value is -4.86. The van der Waals surface area contributed by atoms with Crippen molar-refractivity contribution >= 4 is 22.2 Å². The highest BCUT2D eigenvalue weighted by Crippen LogP contribution is 2.34. The second-order valence-corrected chi connectivity index (χ2v) is 7.69. The van der Waals surface area contributed by atoms with Gasteiger partial charge in [0.1, 0.15) is 17.3 Å². The van der Waals surface area contributed by atoms with Gasteiger partial charge in [0.2, 0.25) is 0 Å². The quantitative estimate of drug-likeness (QED) is 0.364. The average Bonchev–Trinajstić information content (AvgIpc) is 3.26. The molecule has 2 aromatic carbocycles. The lowest BCUT2D eigenvalue weighted by Gasteiger charge is -2.09. The van der Waals surface area contributed by atoms with Crippen LogP contribution in [0.25, 0.3) is 50.5 Å². The first-order chi connectivity index (χ1) is 17.0. The Labute approximate surface area is 195 Å². The normalized spacial score (nSPS) is 11.4. The third kappa shape index (κ3) is 3.26. The molecule has 6 aromatic rings. The van der Waals surface area contributed by atoms with E-state index in [4.69, 9.17) is 5.73 Å². The smallest absolute Gasteiger partial charge is 0.182 e. The zero-order chi connectivity index (χ0) is 24.1. The van der Waals surface area contributed by atoms with Crippen LogP contribution in [-0.4, -0.2) is 29.5 Å². The summed E-state index contributed by atoms with van der Waals surface area (Å²) in [5.74, 6) is -3.47. The summed E-state index contributed by atoms with van der Waals surface area (Å²) in [5, 5.41) is 5.03. The zero-order valence-corrected chi connectivity index (χ0v) is 17.8. The molecule has 0 unspecified atom stereocenters. The monoisotopic (exact) mass is 469 g/mol. The van der Waals surface area contributed by atoms with E-state index in [2.05, 4.69) is 25.0 Å². The number of nitrogens with zero attached hydrogens (tertiary/aromatic N) is 6. The van der Waals surface area contributed by atoms with Crippen LogP contribution in [-0.2, 0) is 0 Å². The predicted molar refractivity (Wildman–Crippen MR) is 124 cm³/mol. The van der Waals surface area contributed by atoms with Gasteiger partial charge in [-0.1, -0.05) is 18.2 Å². The number of nitrogens with two attached hydrogens (primary N) is 1. The van der Waals surface area contributed by atoms with Crippen molar-refractivity contribution in [2.24, 2.45) is 0 Å². The molecule has 0 atom stereocenters. The molecule has 6 rings (SSSR count). The summed E-state index contributed by atoms with van der Waals surface area (Å²) in [5.41, 5.74) is 8.43. The van der Waals surface area contributed by atoms with Crippen LogP contribution in [0.4, 0.5) is 19.0 Å². The van der Waals surface area contributed by atoms with E-state index >= 15 is 0 Å². The van der Waals surface area contributed by atoms with Gasteiger partial charge in [-0.25, -0.2) is 32.6 Å². The van der Waals surface area contributed by atoms with Crippen LogP contribution in [0.1, 0.15) is 0 Å². The van der Waals surface area contributed by atoms with Crippen LogP contribution in [0.2, 0.25) is 0 Å². The SMILES string of the molecule is Nc1nc(-c2nc(-c3c(F)ccc(F)c3F)n3ncccc23)ncc1-c1cccc2ncccc12. The summed E-state index contributed by atoms with van der Waals surface area (Å²) in [6.45, 7) is 0. The van der Waals surface area contributed by atoms with E-state index < -0.39 is 23.0 Å². The van der Waals surface area contributed by atoms with E-state index in [-0.39, 0.29) is 23.2 Å². The van der Waals surface area contributed by atoms with E-state index in [1.54, 1.807) is 24.5 Å². The largest absolute Gasteiger partial charge is 0.383 e. The zero-order valence-electron chi connectivity index (χ0n) is 17.8. The highest BCUT2D eigenvalue weighted by Gasteiger charge is 2.24. The van der Waals surface area contributed by atoms with Crippen molar-refractivity contribution < 1.29 is 13.2 Å². The molecule has 0 aliphatic carbocycles. The Bertz CT molecular complexity index is 1760. The number of imidazole rings is 1. The maximum Gasteiger partial charge on any atom is 0.182 e. The number of nitrogen functional groups attached to an aromatic ring is 1. The fourth-order valence-electron chi connectivity index (χ4n) is 4.04. The van der Waals surface area contributed by atoms with Crippen LogP contribution in [0.15, 0.2) is 73.2 Å². The minimum Gasteiger partial charge on any atom is -0.383 e. The van der Waals surface area contributed by atoms with Crippen molar-refractivity contribution in [2.45, 2.75) is 0 Å². The molecular weight excluding hydrogens is 455 g/mol. The third-order valence-electron chi connectivity index (χ3n) is 5.64. The van der Waals surface area contributed by atoms with Gasteiger partial charge < -0.3 is 5.73 Å². The van der Waals surface area contributed by atoms with Crippen molar-refractivity contribution in [3.05, 3.63) is 90.6 Å². The first kappa shape index (κ1) is 20.7. The van der Waals surface area contributed by atoms with Crippen LogP contribution in [0.3, 0.4) is 0 Å². The second-order valence-electron chi connectivity index (χ2n) is 7.69. The van der Waals surface area contributed by atoms with E-state index in [1.165, 1.54) is 10.7 Å². The summed E-state index contributed by atoms with van der Waals surface area (Å²) in [4.78, 5) is 17.6. The molecule has 35 heavy (non-hydrogen) atoms. The molecule has 2 N–H and O–H groups in total. The number of pyridine rings is 1. The van der Waals surface area contributed by atoms with E-state index in [9.17, 15) is 13.2 Å². The van der Waals surface area contributed by atoms with Gasteiger partial charge in [0.25, 0.3) is 0 Å². The number of aromatic nitrogens is 6. The number of hydrogen-bond acceptors (Lipinski definition) is 6. The summed E-state index contributed by atoms with van der Waals surface area (Å²) < 4.78 is 44.2. The lowest BCUT2D eigenvalue weighted by atomic mass is 10.0. The van der Waals surface area contributed by atoms with E-state index in [0.29, 0.717) is 17.1 Å². The molecule has 0 aliphatic heterocycles. The Kier molecular flexibility index (Phi) is 4.66. The molecule has 170 valence electrons. The first-order valence-corrected chi connectivity index (χ1v) is 10.5. The number of rotatable bonds is 3. The van der Waals surface area contributed by atoms with Crippen LogP contribution < -0.4 is 5.73 Å². The molecule has 0 spiro atoms. The molecule has 0 aliphatic rings. The number of hydrogen-bond donors (Lipinski definition) is 1. The number of fused-ring (bicyclic) bond motifs is 2. The maximum atomic E-state index is 14.6. The van der Waals surface area contributed by atoms with E-state index in [1.807, 2.05) is 30.3 Å². The molecule has 0 amide bonds.